The monoisotopic (exact) mass is 338 g/mol. The summed E-state index contributed by atoms with van der Waals surface area (Å²) in [6.07, 6.45) is 0. The maximum absolute atomic E-state index is 5.36. The Kier molecular flexibility index (Phi) is 4.99. The first kappa shape index (κ1) is 14.1. The maximum atomic E-state index is 5.36. The van der Waals surface area contributed by atoms with Gasteiger partial charge in [0.25, 0.3) is 0 Å². The van der Waals surface area contributed by atoms with Gasteiger partial charge in [-0.1, -0.05) is 15.9 Å². The van der Waals surface area contributed by atoms with Crippen LogP contribution in [0.2, 0.25) is 0 Å². The SMILES string of the molecule is CNc1ccc(OC)c(SNc2ccc(Br)cc2)c1. The third-order valence-electron chi connectivity index (χ3n) is 2.58. The summed E-state index contributed by atoms with van der Waals surface area (Å²) in [5.41, 5.74) is 2.10. The fourth-order valence-electron chi connectivity index (χ4n) is 1.54. The molecule has 2 N–H and O–H groups in total. The second-order valence-electron chi connectivity index (χ2n) is 3.83. The largest absolute Gasteiger partial charge is 0.496 e. The minimum atomic E-state index is 0.855. The number of ether oxygens (including phenoxy) is 1. The van der Waals surface area contributed by atoms with E-state index in [4.69, 9.17) is 4.74 Å². The van der Waals surface area contributed by atoms with Crippen LogP contribution in [0, 0.1) is 0 Å². The van der Waals surface area contributed by atoms with Crippen molar-refractivity contribution in [2.45, 2.75) is 4.90 Å². The molecule has 0 atom stereocenters. The molecule has 0 aliphatic rings. The minimum absolute atomic E-state index is 0.855. The van der Waals surface area contributed by atoms with Gasteiger partial charge in [-0.25, -0.2) is 0 Å². The molecule has 0 aromatic heterocycles. The fraction of sp³-hybridized carbons (Fsp3) is 0.143. The van der Waals surface area contributed by atoms with E-state index in [2.05, 4.69) is 32.0 Å². The number of anilines is 2. The van der Waals surface area contributed by atoms with Crippen LogP contribution in [0.25, 0.3) is 0 Å². The minimum Gasteiger partial charge on any atom is -0.496 e. The van der Waals surface area contributed by atoms with Crippen LogP contribution in [0.1, 0.15) is 0 Å². The van der Waals surface area contributed by atoms with Crippen molar-refractivity contribution in [1.82, 2.24) is 0 Å². The molecule has 0 spiro atoms. The first-order chi connectivity index (χ1) is 9.22. The normalized spacial score (nSPS) is 10.1. The quantitative estimate of drug-likeness (QED) is 0.779. The lowest BCUT2D eigenvalue weighted by atomic mass is 10.3. The van der Waals surface area contributed by atoms with Gasteiger partial charge < -0.3 is 14.8 Å². The van der Waals surface area contributed by atoms with Crippen LogP contribution in [-0.4, -0.2) is 14.2 Å². The Morgan fingerprint density at radius 2 is 1.74 bits per heavy atom. The third kappa shape index (κ3) is 3.81. The van der Waals surface area contributed by atoms with Crippen LogP contribution < -0.4 is 14.8 Å². The lowest BCUT2D eigenvalue weighted by Crippen LogP contribution is -1.93. The molecule has 2 rings (SSSR count). The molecule has 19 heavy (non-hydrogen) atoms. The standard InChI is InChI=1S/C14H15BrN2OS/c1-16-12-7-8-13(18-2)14(9-12)19-17-11-5-3-10(15)4-6-11/h3-9,16-17H,1-2H3. The highest BCUT2D eigenvalue weighted by molar-refractivity contribution is 9.10. The first-order valence-corrected chi connectivity index (χ1v) is 7.38. The van der Waals surface area contributed by atoms with Crippen LogP contribution >= 0.6 is 27.9 Å². The van der Waals surface area contributed by atoms with Crippen molar-refractivity contribution in [3.63, 3.8) is 0 Å². The highest BCUT2D eigenvalue weighted by Gasteiger charge is 2.05. The molecule has 0 saturated heterocycles. The summed E-state index contributed by atoms with van der Waals surface area (Å²) < 4.78 is 9.73. The lowest BCUT2D eigenvalue weighted by Gasteiger charge is -2.11. The topological polar surface area (TPSA) is 33.3 Å². The molecule has 0 amide bonds. The van der Waals surface area contributed by atoms with E-state index in [-0.39, 0.29) is 0 Å². The smallest absolute Gasteiger partial charge is 0.134 e. The Bertz CT molecular complexity index is 546. The van der Waals surface area contributed by atoms with Crippen LogP contribution in [0.3, 0.4) is 0 Å². The molecule has 2 aromatic rings. The van der Waals surface area contributed by atoms with Crippen LogP contribution in [0.4, 0.5) is 11.4 Å². The molecular weight excluding hydrogens is 324 g/mol. The predicted molar refractivity (Wildman–Crippen MR) is 86.2 cm³/mol. The molecule has 0 fully saturated rings. The molecular formula is C14H15BrN2OS. The second-order valence-corrected chi connectivity index (χ2v) is 5.59. The Balaban J connectivity index is 2.11. The van der Waals surface area contributed by atoms with E-state index in [1.807, 2.05) is 43.4 Å². The number of halogens is 1. The van der Waals surface area contributed by atoms with Gasteiger partial charge in [0.15, 0.2) is 0 Å². The Morgan fingerprint density at radius 1 is 1.05 bits per heavy atom. The van der Waals surface area contributed by atoms with E-state index in [1.54, 1.807) is 7.11 Å². The van der Waals surface area contributed by atoms with Gasteiger partial charge in [0, 0.05) is 22.9 Å². The second kappa shape index (κ2) is 6.73. The Morgan fingerprint density at radius 3 is 2.37 bits per heavy atom. The van der Waals surface area contributed by atoms with E-state index in [0.717, 1.165) is 26.5 Å². The summed E-state index contributed by atoms with van der Waals surface area (Å²) in [6.45, 7) is 0. The lowest BCUT2D eigenvalue weighted by molar-refractivity contribution is 0.405. The van der Waals surface area contributed by atoms with Crippen molar-refractivity contribution in [1.29, 1.82) is 0 Å². The average molecular weight is 339 g/mol. The third-order valence-corrected chi connectivity index (χ3v) is 3.98. The molecule has 0 aliphatic carbocycles. The van der Waals surface area contributed by atoms with Crippen molar-refractivity contribution in [3.05, 3.63) is 46.9 Å². The predicted octanol–water partition coefficient (Wildman–Crippen LogP) is 4.62. The van der Waals surface area contributed by atoms with Gasteiger partial charge in [0.2, 0.25) is 0 Å². The van der Waals surface area contributed by atoms with Crippen LogP contribution in [-0.2, 0) is 0 Å². The van der Waals surface area contributed by atoms with Gasteiger partial charge in [0.05, 0.1) is 12.0 Å². The van der Waals surface area contributed by atoms with Gasteiger partial charge in [-0.15, -0.1) is 0 Å². The number of hydrogen-bond acceptors (Lipinski definition) is 4. The van der Waals surface area contributed by atoms with Crippen molar-refractivity contribution in [3.8, 4) is 5.75 Å². The summed E-state index contributed by atoms with van der Waals surface area (Å²) >= 11 is 4.95. The number of nitrogens with one attached hydrogen (secondary N) is 2. The molecule has 0 radical (unpaired) electrons. The summed E-state index contributed by atoms with van der Waals surface area (Å²) in [6, 6.07) is 14.0. The van der Waals surface area contributed by atoms with E-state index in [9.17, 15) is 0 Å². The maximum Gasteiger partial charge on any atom is 0.134 e. The summed E-state index contributed by atoms with van der Waals surface area (Å²) in [5.74, 6) is 0.855. The molecule has 0 aliphatic heterocycles. The zero-order valence-electron chi connectivity index (χ0n) is 10.7. The number of methoxy groups -OCH3 is 1. The van der Waals surface area contributed by atoms with E-state index >= 15 is 0 Å². The van der Waals surface area contributed by atoms with Gasteiger partial charge in [-0.05, 0) is 54.4 Å². The summed E-state index contributed by atoms with van der Waals surface area (Å²) in [7, 11) is 3.58. The van der Waals surface area contributed by atoms with E-state index < -0.39 is 0 Å². The fourth-order valence-corrected chi connectivity index (χ4v) is 2.61. The highest BCUT2D eigenvalue weighted by Crippen LogP contribution is 2.32. The van der Waals surface area contributed by atoms with Crippen molar-refractivity contribution in [2.24, 2.45) is 0 Å². The van der Waals surface area contributed by atoms with Gasteiger partial charge in [-0.3, -0.25) is 0 Å². The molecule has 0 saturated carbocycles. The van der Waals surface area contributed by atoms with Gasteiger partial charge in [-0.2, -0.15) is 0 Å². The molecule has 2 aromatic carbocycles. The molecule has 3 nitrogen and oxygen atoms in total. The highest BCUT2D eigenvalue weighted by atomic mass is 79.9. The number of rotatable bonds is 5. The first-order valence-electron chi connectivity index (χ1n) is 5.77. The molecule has 0 heterocycles. The van der Waals surface area contributed by atoms with Crippen molar-refractivity contribution >= 4 is 39.3 Å². The Hall–Kier alpha value is -1.33. The zero-order chi connectivity index (χ0) is 13.7. The van der Waals surface area contributed by atoms with Crippen molar-refractivity contribution in [2.75, 3.05) is 24.2 Å². The zero-order valence-corrected chi connectivity index (χ0v) is 13.1. The number of hydrogen-bond donors (Lipinski definition) is 2. The molecule has 100 valence electrons. The molecule has 0 unspecified atom stereocenters. The van der Waals surface area contributed by atoms with E-state index in [0.29, 0.717) is 0 Å². The van der Waals surface area contributed by atoms with E-state index in [1.165, 1.54) is 11.9 Å². The summed E-state index contributed by atoms with van der Waals surface area (Å²) in [5, 5.41) is 3.12. The van der Waals surface area contributed by atoms with Gasteiger partial charge >= 0.3 is 0 Å². The Labute approximate surface area is 126 Å². The molecule has 0 bridgehead atoms. The number of benzene rings is 2. The summed E-state index contributed by atoms with van der Waals surface area (Å²) in [4.78, 5) is 1.04. The van der Waals surface area contributed by atoms with Crippen LogP contribution in [0.15, 0.2) is 51.8 Å². The molecule has 5 heteroatoms. The average Bonchev–Trinajstić information content (AvgIpc) is 2.46. The van der Waals surface area contributed by atoms with Gasteiger partial charge in [0.1, 0.15) is 5.75 Å². The van der Waals surface area contributed by atoms with Crippen LogP contribution in [0.5, 0.6) is 5.75 Å². The van der Waals surface area contributed by atoms with Crippen molar-refractivity contribution < 1.29 is 4.74 Å².